The number of fused-ring (bicyclic) bond motifs is 1. The molecule has 0 aliphatic carbocycles. The molecule has 3 rings (SSSR count). The number of pyridine rings is 1. The minimum absolute atomic E-state index is 0.110. The molecule has 1 atom stereocenters. The Balaban J connectivity index is 1.94. The van der Waals surface area contributed by atoms with E-state index in [0.29, 0.717) is 24.3 Å². The predicted molar refractivity (Wildman–Crippen MR) is 66.3 cm³/mol. The number of hydrogen-bond donors (Lipinski definition) is 1. The molecule has 1 aliphatic rings. The molecule has 0 aromatic carbocycles. The third kappa shape index (κ3) is 1.94. The van der Waals surface area contributed by atoms with Crippen LogP contribution in [0.2, 0.25) is 0 Å². The maximum atomic E-state index is 11.7. The largest absolute Gasteiger partial charge is 0.290 e. The highest BCUT2D eigenvalue weighted by Crippen LogP contribution is 2.22. The molecule has 2 aromatic heterocycles. The number of sulfone groups is 1. The summed E-state index contributed by atoms with van der Waals surface area (Å²) in [5, 5.41) is 2.65. The fourth-order valence-electron chi connectivity index (χ4n) is 2.35. The van der Waals surface area contributed by atoms with Gasteiger partial charge in [0.05, 0.1) is 11.0 Å². The molecule has 96 valence electrons. The summed E-state index contributed by atoms with van der Waals surface area (Å²) < 4.78 is 25.1. The molecule has 1 fully saturated rings. The van der Waals surface area contributed by atoms with Crippen LogP contribution in [0.25, 0.3) is 5.65 Å². The van der Waals surface area contributed by atoms with E-state index >= 15 is 0 Å². The summed E-state index contributed by atoms with van der Waals surface area (Å²) in [7, 11) is -2.96. The molecule has 0 bridgehead atoms. The van der Waals surface area contributed by atoms with Gasteiger partial charge in [0.1, 0.15) is 5.82 Å². The van der Waals surface area contributed by atoms with Crippen LogP contribution in [0.15, 0.2) is 23.1 Å². The average molecular weight is 267 g/mol. The van der Waals surface area contributed by atoms with Crippen molar-refractivity contribution >= 4 is 15.5 Å². The third-order valence-corrected chi connectivity index (χ3v) is 5.56. The highest BCUT2D eigenvalue weighted by molar-refractivity contribution is 7.92. The summed E-state index contributed by atoms with van der Waals surface area (Å²) >= 11 is 0. The number of hydrogen-bond acceptors (Lipinski definition) is 4. The second-order valence-corrected chi connectivity index (χ2v) is 7.00. The molecule has 6 nitrogen and oxygen atoms in total. The maximum Gasteiger partial charge on any atom is 0.183 e. The Morgan fingerprint density at radius 1 is 1.50 bits per heavy atom. The van der Waals surface area contributed by atoms with Crippen LogP contribution in [-0.4, -0.2) is 34.0 Å². The molecular weight excluding hydrogens is 254 g/mol. The Morgan fingerprint density at radius 3 is 3.06 bits per heavy atom. The molecule has 0 saturated carbocycles. The molecule has 0 spiro atoms. The number of aromatic nitrogens is 3. The zero-order valence-electron chi connectivity index (χ0n) is 9.67. The van der Waals surface area contributed by atoms with Crippen molar-refractivity contribution in [2.75, 3.05) is 5.75 Å². The van der Waals surface area contributed by atoms with Crippen LogP contribution in [0.3, 0.4) is 0 Å². The number of nitrogens with zero attached hydrogens (tertiary/aromatic N) is 2. The first-order valence-electron chi connectivity index (χ1n) is 5.83. The molecule has 2 aromatic rings. The van der Waals surface area contributed by atoms with Gasteiger partial charge in [0.25, 0.3) is 0 Å². The zero-order valence-corrected chi connectivity index (χ0v) is 10.5. The lowest BCUT2D eigenvalue weighted by Crippen LogP contribution is -2.19. The Labute approximate surface area is 104 Å². The lowest BCUT2D eigenvalue weighted by atomic mass is 10.2. The van der Waals surface area contributed by atoms with E-state index in [1.54, 1.807) is 10.7 Å². The monoisotopic (exact) mass is 267 g/mol. The molecule has 18 heavy (non-hydrogen) atoms. The van der Waals surface area contributed by atoms with Crippen molar-refractivity contribution in [3.8, 4) is 0 Å². The SMILES string of the molecule is O=c1ccn2[nH]c(CC3CCCS3(=O)=O)nc2c1. The number of aromatic amines is 1. The number of H-pyrrole nitrogens is 1. The molecular formula is C11H13N3O3S. The van der Waals surface area contributed by atoms with Gasteiger partial charge in [-0.15, -0.1) is 0 Å². The van der Waals surface area contributed by atoms with Crippen molar-refractivity contribution in [2.45, 2.75) is 24.5 Å². The second-order valence-electron chi connectivity index (χ2n) is 4.60. The summed E-state index contributed by atoms with van der Waals surface area (Å²) in [5.41, 5.74) is 0.412. The summed E-state index contributed by atoms with van der Waals surface area (Å²) in [6.07, 6.45) is 3.40. The van der Waals surface area contributed by atoms with Gasteiger partial charge >= 0.3 is 0 Å². The van der Waals surface area contributed by atoms with Crippen molar-refractivity contribution in [2.24, 2.45) is 0 Å². The highest BCUT2D eigenvalue weighted by atomic mass is 32.2. The fraction of sp³-hybridized carbons (Fsp3) is 0.455. The molecule has 3 heterocycles. The van der Waals surface area contributed by atoms with Gasteiger partial charge in [-0.2, -0.15) is 0 Å². The molecule has 1 saturated heterocycles. The smallest absolute Gasteiger partial charge is 0.183 e. The first-order chi connectivity index (χ1) is 8.54. The molecule has 0 amide bonds. The van der Waals surface area contributed by atoms with Crippen LogP contribution in [0.4, 0.5) is 0 Å². The Hall–Kier alpha value is -1.63. The fourth-order valence-corrected chi connectivity index (χ4v) is 4.19. The van der Waals surface area contributed by atoms with Crippen molar-refractivity contribution in [1.29, 1.82) is 0 Å². The Bertz CT molecular complexity index is 744. The minimum atomic E-state index is -2.96. The quantitative estimate of drug-likeness (QED) is 0.839. The highest BCUT2D eigenvalue weighted by Gasteiger charge is 2.32. The number of rotatable bonds is 2. The van der Waals surface area contributed by atoms with Crippen LogP contribution in [0, 0.1) is 0 Å². The molecule has 7 heteroatoms. The van der Waals surface area contributed by atoms with E-state index in [4.69, 9.17) is 0 Å². The van der Waals surface area contributed by atoms with Crippen LogP contribution < -0.4 is 5.43 Å². The first-order valence-corrected chi connectivity index (χ1v) is 7.55. The molecule has 0 radical (unpaired) electrons. The minimum Gasteiger partial charge on any atom is -0.290 e. The van der Waals surface area contributed by atoms with Crippen LogP contribution >= 0.6 is 0 Å². The van der Waals surface area contributed by atoms with E-state index in [1.807, 2.05) is 0 Å². The maximum absolute atomic E-state index is 11.7. The normalized spacial score (nSPS) is 22.6. The molecule has 1 unspecified atom stereocenters. The van der Waals surface area contributed by atoms with Gasteiger partial charge in [0.2, 0.25) is 0 Å². The van der Waals surface area contributed by atoms with Gasteiger partial charge in [-0.05, 0) is 12.8 Å². The predicted octanol–water partition coefficient (Wildman–Crippen LogP) is 0.142. The lowest BCUT2D eigenvalue weighted by Gasteiger charge is -2.05. The standard InChI is InChI=1S/C11H13N3O3S/c15-8-3-4-14-11(6-8)12-10(13-14)7-9-2-1-5-18(9,16)17/h3-4,6,9H,1-2,5,7H2,(H,12,13). The van der Waals surface area contributed by atoms with Crippen molar-refractivity contribution < 1.29 is 8.42 Å². The van der Waals surface area contributed by atoms with E-state index in [0.717, 1.165) is 6.42 Å². The summed E-state index contributed by atoms with van der Waals surface area (Å²) in [5.74, 6) is 0.881. The Kier molecular flexibility index (Phi) is 2.51. The molecule has 1 N–H and O–H groups in total. The third-order valence-electron chi connectivity index (χ3n) is 3.29. The van der Waals surface area contributed by atoms with Crippen molar-refractivity contribution in [1.82, 2.24) is 14.6 Å². The average Bonchev–Trinajstić information content (AvgIpc) is 2.82. The summed E-state index contributed by atoms with van der Waals surface area (Å²) in [6.45, 7) is 0. The van der Waals surface area contributed by atoms with Crippen LogP contribution in [0.1, 0.15) is 18.7 Å². The summed E-state index contributed by atoms with van der Waals surface area (Å²) in [6, 6.07) is 2.85. The van der Waals surface area contributed by atoms with E-state index in [9.17, 15) is 13.2 Å². The van der Waals surface area contributed by atoms with Crippen molar-refractivity contribution in [3.63, 3.8) is 0 Å². The van der Waals surface area contributed by atoms with E-state index in [2.05, 4.69) is 10.1 Å². The van der Waals surface area contributed by atoms with Gasteiger partial charge in [-0.25, -0.2) is 17.9 Å². The van der Waals surface area contributed by atoms with Crippen LogP contribution in [0.5, 0.6) is 0 Å². The van der Waals surface area contributed by atoms with Gasteiger partial charge in [-0.1, -0.05) is 0 Å². The Morgan fingerprint density at radius 2 is 2.33 bits per heavy atom. The zero-order chi connectivity index (χ0) is 12.8. The molecule has 1 aliphatic heterocycles. The van der Waals surface area contributed by atoms with Gasteiger partial charge < -0.3 is 0 Å². The first kappa shape index (κ1) is 11.5. The topological polar surface area (TPSA) is 84.3 Å². The van der Waals surface area contributed by atoms with Crippen molar-refractivity contribution in [3.05, 3.63) is 34.4 Å². The van der Waals surface area contributed by atoms with E-state index in [-0.39, 0.29) is 16.4 Å². The number of nitrogens with one attached hydrogen (secondary N) is 1. The second kappa shape index (κ2) is 3.94. The van der Waals surface area contributed by atoms with Crippen LogP contribution in [-0.2, 0) is 16.3 Å². The van der Waals surface area contributed by atoms with Gasteiger partial charge in [0.15, 0.2) is 20.9 Å². The van der Waals surface area contributed by atoms with E-state index < -0.39 is 9.84 Å². The van der Waals surface area contributed by atoms with Gasteiger partial charge in [-0.3, -0.25) is 9.89 Å². The van der Waals surface area contributed by atoms with E-state index in [1.165, 1.54) is 12.1 Å². The summed E-state index contributed by atoms with van der Waals surface area (Å²) in [4.78, 5) is 15.4. The van der Waals surface area contributed by atoms with Gasteiger partial charge in [0, 0.05) is 24.8 Å². The lowest BCUT2D eigenvalue weighted by molar-refractivity contribution is 0.586.